The van der Waals surface area contributed by atoms with Gasteiger partial charge in [0.05, 0.1) is 18.4 Å². The maximum atomic E-state index is 6.08. The van der Waals surface area contributed by atoms with Gasteiger partial charge in [-0.3, -0.25) is 0 Å². The van der Waals surface area contributed by atoms with E-state index in [1.807, 2.05) is 25.1 Å². The summed E-state index contributed by atoms with van der Waals surface area (Å²) in [5.74, 6) is 9.06. The lowest BCUT2D eigenvalue weighted by Crippen LogP contribution is -2.12. The van der Waals surface area contributed by atoms with Crippen LogP contribution >= 0.6 is 11.8 Å². The molecular formula is C17H20N4O2S. The summed E-state index contributed by atoms with van der Waals surface area (Å²) in [6, 6.07) is 8.02. The minimum Gasteiger partial charge on any atom is -0.493 e. The van der Waals surface area contributed by atoms with Gasteiger partial charge in [-0.1, -0.05) is 17.8 Å². The third-order valence-electron chi connectivity index (χ3n) is 3.54. The molecule has 2 N–H and O–H groups in total. The Morgan fingerprint density at radius 2 is 1.92 bits per heavy atom. The van der Waals surface area contributed by atoms with Crippen LogP contribution in [0.15, 0.2) is 40.1 Å². The second-order valence-electron chi connectivity index (χ2n) is 5.59. The van der Waals surface area contributed by atoms with Gasteiger partial charge in [-0.2, -0.15) is 0 Å². The van der Waals surface area contributed by atoms with Crippen molar-refractivity contribution >= 4 is 11.8 Å². The number of aromatic nitrogens is 3. The summed E-state index contributed by atoms with van der Waals surface area (Å²) in [5, 5.41) is 8.93. The van der Waals surface area contributed by atoms with E-state index >= 15 is 0 Å². The zero-order chi connectivity index (χ0) is 17.1. The fourth-order valence-electron chi connectivity index (χ4n) is 2.48. The Morgan fingerprint density at radius 1 is 1.17 bits per heavy atom. The van der Waals surface area contributed by atoms with Crippen molar-refractivity contribution in [1.82, 2.24) is 14.9 Å². The number of benzene rings is 1. The zero-order valence-electron chi connectivity index (χ0n) is 13.9. The second kappa shape index (κ2) is 7.00. The Hall–Kier alpha value is -2.41. The summed E-state index contributed by atoms with van der Waals surface area (Å²) < 4.78 is 12.6. The highest BCUT2D eigenvalue weighted by molar-refractivity contribution is 7.99. The topological polar surface area (TPSA) is 79.1 Å². The van der Waals surface area contributed by atoms with Crippen molar-refractivity contribution in [3.8, 4) is 17.1 Å². The van der Waals surface area contributed by atoms with Crippen molar-refractivity contribution in [2.24, 2.45) is 0 Å². The van der Waals surface area contributed by atoms with E-state index in [-0.39, 0.29) is 0 Å². The van der Waals surface area contributed by atoms with Gasteiger partial charge in [0.25, 0.3) is 0 Å². The van der Waals surface area contributed by atoms with Crippen LogP contribution in [0.25, 0.3) is 11.4 Å². The third-order valence-corrected chi connectivity index (χ3v) is 4.45. The zero-order valence-corrected chi connectivity index (χ0v) is 14.8. The van der Waals surface area contributed by atoms with Crippen molar-refractivity contribution in [3.63, 3.8) is 0 Å². The van der Waals surface area contributed by atoms with Crippen LogP contribution in [0.3, 0.4) is 0 Å². The van der Waals surface area contributed by atoms with E-state index in [0.29, 0.717) is 17.6 Å². The molecule has 3 aromatic rings. The normalized spacial score (nSPS) is 11.0. The molecule has 0 fully saturated rings. The average Bonchev–Trinajstić information content (AvgIpc) is 3.09. The first-order chi connectivity index (χ1) is 11.5. The van der Waals surface area contributed by atoms with E-state index in [2.05, 4.69) is 30.1 Å². The van der Waals surface area contributed by atoms with Gasteiger partial charge in [-0.15, -0.1) is 10.2 Å². The van der Waals surface area contributed by atoms with Crippen molar-refractivity contribution in [1.29, 1.82) is 0 Å². The summed E-state index contributed by atoms with van der Waals surface area (Å²) >= 11 is 1.51. The lowest BCUT2D eigenvalue weighted by atomic mass is 10.1. The van der Waals surface area contributed by atoms with Crippen molar-refractivity contribution in [3.05, 3.63) is 47.4 Å². The Balaban J connectivity index is 1.58. The van der Waals surface area contributed by atoms with Gasteiger partial charge in [0.2, 0.25) is 5.16 Å². The summed E-state index contributed by atoms with van der Waals surface area (Å²) in [7, 11) is 0. The van der Waals surface area contributed by atoms with Crippen LogP contribution in [0.4, 0.5) is 0 Å². The van der Waals surface area contributed by atoms with Gasteiger partial charge in [-0.05, 0) is 50.1 Å². The van der Waals surface area contributed by atoms with Crippen molar-refractivity contribution < 1.29 is 9.15 Å². The quantitative estimate of drug-likeness (QED) is 0.420. The summed E-state index contributed by atoms with van der Waals surface area (Å²) in [5.41, 5.74) is 3.24. The molecule has 0 aliphatic rings. The molecule has 0 bridgehead atoms. The number of rotatable bonds is 6. The summed E-state index contributed by atoms with van der Waals surface area (Å²) in [4.78, 5) is 0. The second-order valence-corrected chi connectivity index (χ2v) is 6.65. The van der Waals surface area contributed by atoms with Crippen LogP contribution in [-0.4, -0.2) is 27.2 Å². The molecule has 0 spiro atoms. The van der Waals surface area contributed by atoms with Crippen LogP contribution in [0.1, 0.15) is 16.9 Å². The van der Waals surface area contributed by atoms with Crippen LogP contribution in [-0.2, 0) is 0 Å². The number of thioether (sulfide) groups is 1. The fourth-order valence-corrected chi connectivity index (χ4v) is 3.16. The molecule has 0 unspecified atom stereocenters. The molecule has 0 saturated heterocycles. The maximum absolute atomic E-state index is 6.08. The van der Waals surface area contributed by atoms with Gasteiger partial charge in [-0.25, -0.2) is 4.68 Å². The van der Waals surface area contributed by atoms with Gasteiger partial charge in [0.15, 0.2) is 5.82 Å². The number of ether oxygens (including phenoxy) is 1. The first kappa shape index (κ1) is 16.4. The van der Waals surface area contributed by atoms with Gasteiger partial charge in [0.1, 0.15) is 11.5 Å². The predicted molar refractivity (Wildman–Crippen MR) is 94.7 cm³/mol. The molecule has 2 heterocycles. The van der Waals surface area contributed by atoms with E-state index in [4.69, 9.17) is 15.0 Å². The highest BCUT2D eigenvalue weighted by Crippen LogP contribution is 2.25. The van der Waals surface area contributed by atoms with Gasteiger partial charge in [0, 0.05) is 5.75 Å². The largest absolute Gasteiger partial charge is 0.493 e. The molecule has 0 aliphatic carbocycles. The van der Waals surface area contributed by atoms with Crippen LogP contribution < -0.4 is 10.6 Å². The number of nitrogen functional groups attached to an aromatic ring is 1. The number of furan rings is 1. The molecule has 0 radical (unpaired) electrons. The van der Waals surface area contributed by atoms with Crippen molar-refractivity contribution in [2.75, 3.05) is 18.2 Å². The van der Waals surface area contributed by atoms with E-state index in [0.717, 1.165) is 22.8 Å². The number of hydrogen-bond acceptors (Lipinski definition) is 6. The van der Waals surface area contributed by atoms with Gasteiger partial charge >= 0.3 is 0 Å². The molecule has 0 amide bonds. The lowest BCUT2D eigenvalue weighted by molar-refractivity contribution is 0.343. The highest BCUT2D eigenvalue weighted by Gasteiger charge is 2.15. The molecule has 0 saturated carbocycles. The van der Waals surface area contributed by atoms with E-state index in [1.54, 1.807) is 6.26 Å². The lowest BCUT2D eigenvalue weighted by Gasteiger charge is -2.08. The minimum absolute atomic E-state index is 0.570. The Bertz CT molecular complexity index is 821. The van der Waals surface area contributed by atoms with Crippen LogP contribution in [0, 0.1) is 20.8 Å². The molecule has 1 aromatic carbocycles. The summed E-state index contributed by atoms with van der Waals surface area (Å²) in [6.45, 7) is 6.56. The first-order valence-electron chi connectivity index (χ1n) is 7.63. The smallest absolute Gasteiger partial charge is 0.210 e. The van der Waals surface area contributed by atoms with Crippen LogP contribution in [0.5, 0.6) is 5.75 Å². The third kappa shape index (κ3) is 3.56. The number of hydrogen-bond donors (Lipinski definition) is 1. The maximum Gasteiger partial charge on any atom is 0.210 e. The first-order valence-corrected chi connectivity index (χ1v) is 8.62. The minimum atomic E-state index is 0.570. The van der Waals surface area contributed by atoms with E-state index in [9.17, 15) is 0 Å². The number of nitrogens with zero attached hydrogens (tertiary/aromatic N) is 3. The molecule has 3 rings (SSSR count). The molecule has 2 aromatic heterocycles. The van der Waals surface area contributed by atoms with E-state index in [1.165, 1.54) is 27.6 Å². The average molecular weight is 344 g/mol. The Morgan fingerprint density at radius 3 is 2.58 bits per heavy atom. The Labute approximate surface area is 145 Å². The highest BCUT2D eigenvalue weighted by atomic mass is 32.2. The fraction of sp³-hybridized carbons (Fsp3) is 0.294. The molecule has 6 nitrogen and oxygen atoms in total. The van der Waals surface area contributed by atoms with Crippen LogP contribution in [0.2, 0.25) is 0 Å². The standard InChI is InChI=1S/C17H20N4O2S/c1-11-8-12(2)10-14(9-11)23-6-7-24-17-20-19-16(21(17)18)15-4-5-22-13(15)3/h4-5,8-10H,6-7,18H2,1-3H3. The Kier molecular flexibility index (Phi) is 4.80. The van der Waals surface area contributed by atoms with Gasteiger partial charge < -0.3 is 15.0 Å². The predicted octanol–water partition coefficient (Wildman–Crippen LogP) is 3.35. The number of aryl methyl sites for hydroxylation is 3. The molecule has 24 heavy (non-hydrogen) atoms. The SMILES string of the molecule is Cc1cc(C)cc(OCCSc2nnc(-c3ccoc3C)n2N)c1. The monoisotopic (exact) mass is 344 g/mol. The summed E-state index contributed by atoms with van der Waals surface area (Å²) in [6.07, 6.45) is 1.61. The molecule has 0 aliphatic heterocycles. The van der Waals surface area contributed by atoms with E-state index < -0.39 is 0 Å². The number of nitrogens with two attached hydrogens (primary N) is 1. The van der Waals surface area contributed by atoms with Crippen molar-refractivity contribution in [2.45, 2.75) is 25.9 Å². The molecule has 0 atom stereocenters. The molecule has 126 valence electrons. The molecular weight excluding hydrogens is 324 g/mol. The molecule has 7 heteroatoms.